The van der Waals surface area contributed by atoms with E-state index in [0.717, 1.165) is 23.7 Å². The topological polar surface area (TPSA) is 68.7 Å². The van der Waals surface area contributed by atoms with E-state index in [1.165, 1.54) is 0 Å². The summed E-state index contributed by atoms with van der Waals surface area (Å²) in [5.74, 6) is 0.404. The number of hydrogen-bond donors (Lipinski definition) is 0. The van der Waals surface area contributed by atoms with E-state index in [1.807, 2.05) is 42.5 Å². The second kappa shape index (κ2) is 8.10. The molecule has 1 aliphatic rings. The Morgan fingerprint density at radius 1 is 1.07 bits per heavy atom. The molecule has 1 aromatic heterocycles. The van der Waals surface area contributed by atoms with Crippen LogP contribution in [0, 0.1) is 0 Å². The number of ether oxygens (including phenoxy) is 2. The fraction of sp³-hybridized carbons (Fsp3) is 0.318. The van der Waals surface area contributed by atoms with Crippen molar-refractivity contribution in [2.75, 3.05) is 27.4 Å². The van der Waals surface area contributed by atoms with Gasteiger partial charge in [-0.05, 0) is 31.0 Å². The van der Waals surface area contributed by atoms with Gasteiger partial charge in [-0.2, -0.15) is 4.31 Å². The van der Waals surface area contributed by atoms with Gasteiger partial charge in [-0.15, -0.1) is 0 Å². The van der Waals surface area contributed by atoms with Crippen LogP contribution >= 0.6 is 0 Å². The SMILES string of the molecule is COC[C@@H]1CCCN1S(=O)(=O)c1ccccc1-c1cc2ccccc2nc1OC. The minimum Gasteiger partial charge on any atom is -0.481 e. The minimum absolute atomic E-state index is 0.144. The molecule has 152 valence electrons. The number of sulfonamides is 1. The van der Waals surface area contributed by atoms with Crippen LogP contribution in [0.1, 0.15) is 12.8 Å². The molecule has 1 aliphatic heterocycles. The number of benzene rings is 2. The molecule has 0 unspecified atom stereocenters. The molecule has 2 heterocycles. The Kier molecular flexibility index (Phi) is 5.54. The van der Waals surface area contributed by atoms with Crippen LogP contribution in [0.4, 0.5) is 0 Å². The van der Waals surface area contributed by atoms with E-state index < -0.39 is 10.0 Å². The molecule has 7 heteroatoms. The van der Waals surface area contributed by atoms with Gasteiger partial charge in [0.05, 0.1) is 24.1 Å². The molecule has 1 fully saturated rings. The molecule has 0 spiro atoms. The van der Waals surface area contributed by atoms with Gasteiger partial charge in [0, 0.05) is 36.2 Å². The van der Waals surface area contributed by atoms with Crippen molar-refractivity contribution in [3.05, 3.63) is 54.6 Å². The summed E-state index contributed by atoms with van der Waals surface area (Å²) >= 11 is 0. The molecule has 0 saturated carbocycles. The Morgan fingerprint density at radius 3 is 2.62 bits per heavy atom. The van der Waals surface area contributed by atoms with Gasteiger partial charge >= 0.3 is 0 Å². The first kappa shape index (κ1) is 19.8. The Hall–Kier alpha value is -2.48. The number of para-hydroxylation sites is 1. The molecule has 0 N–H and O–H groups in total. The molecule has 4 rings (SSSR count). The van der Waals surface area contributed by atoms with Gasteiger partial charge in [-0.3, -0.25) is 0 Å². The Labute approximate surface area is 171 Å². The molecule has 1 saturated heterocycles. The first-order valence-electron chi connectivity index (χ1n) is 9.60. The van der Waals surface area contributed by atoms with Gasteiger partial charge in [-0.1, -0.05) is 36.4 Å². The molecular formula is C22H24N2O4S. The summed E-state index contributed by atoms with van der Waals surface area (Å²) in [5.41, 5.74) is 2.05. The summed E-state index contributed by atoms with van der Waals surface area (Å²) in [5, 5.41) is 0.925. The van der Waals surface area contributed by atoms with E-state index >= 15 is 0 Å². The standard InChI is InChI=1S/C22H24N2O4S/c1-27-15-17-9-7-13-24(17)29(25,26)21-12-6-4-10-18(21)19-14-16-8-3-5-11-20(16)23-22(19)28-2/h3-6,8,10-12,14,17H,7,9,13,15H2,1-2H3/t17-/m0/s1. The van der Waals surface area contributed by atoms with Crippen molar-refractivity contribution >= 4 is 20.9 Å². The Bertz CT molecular complexity index is 1130. The molecule has 0 amide bonds. The van der Waals surface area contributed by atoms with Gasteiger partial charge in [0.1, 0.15) is 0 Å². The highest BCUT2D eigenvalue weighted by Crippen LogP contribution is 2.37. The summed E-state index contributed by atoms with van der Waals surface area (Å²) < 4.78 is 39.5. The fourth-order valence-corrected chi connectivity index (χ4v) is 5.86. The maximum atomic E-state index is 13.6. The zero-order valence-corrected chi connectivity index (χ0v) is 17.4. The average molecular weight is 413 g/mol. The van der Waals surface area contributed by atoms with Crippen LogP contribution in [0.25, 0.3) is 22.0 Å². The summed E-state index contributed by atoms with van der Waals surface area (Å²) in [6.07, 6.45) is 1.63. The van der Waals surface area contributed by atoms with E-state index in [4.69, 9.17) is 9.47 Å². The lowest BCUT2D eigenvalue weighted by molar-refractivity contribution is 0.149. The van der Waals surface area contributed by atoms with E-state index in [0.29, 0.717) is 30.2 Å². The number of pyridine rings is 1. The zero-order valence-electron chi connectivity index (χ0n) is 16.5. The van der Waals surface area contributed by atoms with Gasteiger partial charge in [0.25, 0.3) is 0 Å². The van der Waals surface area contributed by atoms with Crippen LogP contribution in [0.3, 0.4) is 0 Å². The van der Waals surface area contributed by atoms with Crippen LogP contribution in [-0.4, -0.2) is 51.1 Å². The third-order valence-corrected chi connectivity index (χ3v) is 7.34. The van der Waals surface area contributed by atoms with Crippen LogP contribution in [0.5, 0.6) is 5.88 Å². The van der Waals surface area contributed by atoms with E-state index in [9.17, 15) is 8.42 Å². The van der Waals surface area contributed by atoms with E-state index in [1.54, 1.807) is 30.7 Å². The van der Waals surface area contributed by atoms with Crippen LogP contribution in [0.15, 0.2) is 59.5 Å². The highest BCUT2D eigenvalue weighted by atomic mass is 32.2. The first-order chi connectivity index (χ1) is 14.1. The van der Waals surface area contributed by atoms with Crippen molar-refractivity contribution in [3.8, 4) is 17.0 Å². The van der Waals surface area contributed by atoms with Crippen molar-refractivity contribution in [1.82, 2.24) is 9.29 Å². The number of fused-ring (bicyclic) bond motifs is 1. The smallest absolute Gasteiger partial charge is 0.244 e. The molecule has 3 aromatic rings. The summed E-state index contributed by atoms with van der Waals surface area (Å²) in [6.45, 7) is 0.889. The molecule has 29 heavy (non-hydrogen) atoms. The van der Waals surface area contributed by atoms with Crippen LogP contribution in [-0.2, 0) is 14.8 Å². The number of nitrogens with zero attached hydrogens (tertiary/aromatic N) is 2. The fourth-order valence-electron chi connectivity index (χ4n) is 3.97. The first-order valence-corrected chi connectivity index (χ1v) is 11.0. The zero-order chi connectivity index (χ0) is 20.4. The number of aromatic nitrogens is 1. The lowest BCUT2D eigenvalue weighted by Gasteiger charge is -2.25. The summed E-state index contributed by atoms with van der Waals surface area (Å²) in [4.78, 5) is 4.85. The summed E-state index contributed by atoms with van der Waals surface area (Å²) in [6, 6.07) is 16.5. The molecule has 0 radical (unpaired) electrons. The van der Waals surface area contributed by atoms with Gasteiger partial charge in [0.15, 0.2) is 0 Å². The number of hydrogen-bond acceptors (Lipinski definition) is 5. The quantitative estimate of drug-likeness (QED) is 0.617. The highest BCUT2D eigenvalue weighted by molar-refractivity contribution is 7.89. The van der Waals surface area contributed by atoms with E-state index in [-0.39, 0.29) is 10.9 Å². The van der Waals surface area contributed by atoms with Crippen molar-refractivity contribution in [3.63, 3.8) is 0 Å². The largest absolute Gasteiger partial charge is 0.481 e. The Morgan fingerprint density at radius 2 is 1.83 bits per heavy atom. The van der Waals surface area contributed by atoms with Gasteiger partial charge < -0.3 is 9.47 Å². The molecule has 2 aromatic carbocycles. The third-order valence-electron chi connectivity index (χ3n) is 5.33. The van der Waals surface area contributed by atoms with Crippen molar-refractivity contribution in [2.45, 2.75) is 23.8 Å². The number of methoxy groups -OCH3 is 2. The predicted molar refractivity (Wildman–Crippen MR) is 113 cm³/mol. The normalized spacial score (nSPS) is 17.7. The van der Waals surface area contributed by atoms with Crippen LogP contribution < -0.4 is 4.74 Å². The number of rotatable bonds is 6. The maximum Gasteiger partial charge on any atom is 0.244 e. The predicted octanol–water partition coefficient (Wildman–Crippen LogP) is 3.71. The van der Waals surface area contributed by atoms with E-state index in [2.05, 4.69) is 4.98 Å². The second-order valence-corrected chi connectivity index (χ2v) is 8.96. The minimum atomic E-state index is -3.70. The van der Waals surface area contributed by atoms with Gasteiger partial charge in [-0.25, -0.2) is 13.4 Å². The monoisotopic (exact) mass is 412 g/mol. The van der Waals surface area contributed by atoms with Crippen molar-refractivity contribution < 1.29 is 17.9 Å². The highest BCUT2D eigenvalue weighted by Gasteiger charge is 2.36. The lowest BCUT2D eigenvalue weighted by Crippen LogP contribution is -2.38. The molecule has 0 aliphatic carbocycles. The molecular weight excluding hydrogens is 388 g/mol. The molecule has 6 nitrogen and oxygen atoms in total. The van der Waals surface area contributed by atoms with Crippen molar-refractivity contribution in [1.29, 1.82) is 0 Å². The second-order valence-electron chi connectivity index (χ2n) is 7.10. The molecule has 0 bridgehead atoms. The van der Waals surface area contributed by atoms with Crippen molar-refractivity contribution in [2.24, 2.45) is 0 Å². The Balaban J connectivity index is 1.87. The third kappa shape index (κ3) is 3.61. The average Bonchev–Trinajstić information content (AvgIpc) is 3.22. The van der Waals surface area contributed by atoms with Crippen LogP contribution in [0.2, 0.25) is 0 Å². The van der Waals surface area contributed by atoms with Gasteiger partial charge in [0.2, 0.25) is 15.9 Å². The maximum absolute atomic E-state index is 13.6. The summed E-state index contributed by atoms with van der Waals surface area (Å²) in [7, 11) is -0.549. The lowest BCUT2D eigenvalue weighted by atomic mass is 10.0. The molecule has 1 atom stereocenters.